The quantitative estimate of drug-likeness (QED) is 0.663. The summed E-state index contributed by atoms with van der Waals surface area (Å²) >= 11 is 0. The lowest BCUT2D eigenvalue weighted by Crippen LogP contribution is -2.23. The first-order valence-corrected chi connectivity index (χ1v) is 8.10. The zero-order valence-electron chi connectivity index (χ0n) is 14.5. The standard InChI is InChI=1S/C19H17N5O3/c1-24-17(25)12-11-16(23-24)18(26)20-14-7-9-15(10-8-14)22-19(27)21-13-5-3-2-4-6-13/h2-12H,1H3,(H,20,26)(H2,21,22,27). The zero-order chi connectivity index (χ0) is 19.2. The number of rotatable bonds is 4. The predicted molar refractivity (Wildman–Crippen MR) is 103 cm³/mol. The molecule has 3 N–H and O–H groups in total. The topological polar surface area (TPSA) is 105 Å². The third-order valence-electron chi connectivity index (χ3n) is 3.63. The van der Waals surface area contributed by atoms with Crippen molar-refractivity contribution in [1.29, 1.82) is 0 Å². The Morgan fingerprint density at radius 1 is 0.778 bits per heavy atom. The van der Waals surface area contributed by atoms with Crippen LogP contribution in [0.4, 0.5) is 21.9 Å². The van der Waals surface area contributed by atoms with Crippen molar-refractivity contribution in [2.24, 2.45) is 7.05 Å². The lowest BCUT2D eigenvalue weighted by atomic mass is 10.2. The summed E-state index contributed by atoms with van der Waals surface area (Å²) < 4.78 is 1.09. The number of urea groups is 1. The van der Waals surface area contributed by atoms with Crippen LogP contribution in [-0.2, 0) is 7.05 Å². The number of carbonyl (C=O) groups is 2. The van der Waals surface area contributed by atoms with Gasteiger partial charge in [-0.05, 0) is 42.5 Å². The van der Waals surface area contributed by atoms with Crippen molar-refractivity contribution in [2.75, 3.05) is 16.0 Å². The van der Waals surface area contributed by atoms with Crippen molar-refractivity contribution in [3.05, 3.63) is 82.8 Å². The van der Waals surface area contributed by atoms with Gasteiger partial charge >= 0.3 is 6.03 Å². The Bertz CT molecular complexity index is 1010. The fraction of sp³-hybridized carbons (Fsp3) is 0.0526. The summed E-state index contributed by atoms with van der Waals surface area (Å²) in [6.07, 6.45) is 0. The third kappa shape index (κ3) is 4.79. The highest BCUT2D eigenvalue weighted by Gasteiger charge is 2.09. The number of anilines is 3. The molecule has 136 valence electrons. The van der Waals surface area contributed by atoms with Gasteiger partial charge in [-0.1, -0.05) is 18.2 Å². The Kier molecular flexibility index (Phi) is 5.27. The molecule has 3 aromatic rings. The Balaban J connectivity index is 1.59. The van der Waals surface area contributed by atoms with E-state index in [1.807, 2.05) is 18.2 Å². The van der Waals surface area contributed by atoms with Crippen LogP contribution in [0.1, 0.15) is 10.5 Å². The summed E-state index contributed by atoms with van der Waals surface area (Å²) in [6.45, 7) is 0. The molecule has 0 fully saturated rings. The summed E-state index contributed by atoms with van der Waals surface area (Å²) in [5.74, 6) is -0.437. The van der Waals surface area contributed by atoms with E-state index < -0.39 is 5.91 Å². The van der Waals surface area contributed by atoms with E-state index in [1.165, 1.54) is 19.2 Å². The van der Waals surface area contributed by atoms with Crippen molar-refractivity contribution >= 4 is 29.0 Å². The van der Waals surface area contributed by atoms with Crippen LogP contribution in [0, 0.1) is 0 Å². The average molecular weight is 363 g/mol. The minimum atomic E-state index is -0.437. The molecule has 0 aliphatic heterocycles. The number of amides is 3. The molecule has 3 amide bonds. The highest BCUT2D eigenvalue weighted by molar-refractivity contribution is 6.03. The molecule has 1 aromatic heterocycles. The molecule has 0 atom stereocenters. The number of nitrogens with one attached hydrogen (secondary N) is 3. The lowest BCUT2D eigenvalue weighted by molar-refractivity contribution is 0.102. The Hall–Kier alpha value is -3.94. The van der Waals surface area contributed by atoms with E-state index in [-0.39, 0.29) is 17.3 Å². The summed E-state index contributed by atoms with van der Waals surface area (Å²) in [7, 11) is 1.47. The summed E-state index contributed by atoms with van der Waals surface area (Å²) in [4.78, 5) is 35.5. The number of hydrogen-bond donors (Lipinski definition) is 3. The first kappa shape index (κ1) is 17.9. The molecule has 27 heavy (non-hydrogen) atoms. The summed E-state index contributed by atoms with van der Waals surface area (Å²) in [6, 6.07) is 18.0. The minimum absolute atomic E-state index is 0.126. The van der Waals surface area contributed by atoms with Crippen molar-refractivity contribution in [3.8, 4) is 0 Å². The molecular formula is C19H17N5O3. The van der Waals surface area contributed by atoms with Crippen LogP contribution in [0.2, 0.25) is 0 Å². The molecule has 0 aliphatic carbocycles. The van der Waals surface area contributed by atoms with Gasteiger partial charge in [0, 0.05) is 30.2 Å². The third-order valence-corrected chi connectivity index (χ3v) is 3.63. The van der Waals surface area contributed by atoms with Crippen LogP contribution in [0.15, 0.2) is 71.5 Å². The van der Waals surface area contributed by atoms with Gasteiger partial charge < -0.3 is 16.0 Å². The second kappa shape index (κ2) is 7.96. The molecule has 0 radical (unpaired) electrons. The normalized spacial score (nSPS) is 10.1. The number of carbonyl (C=O) groups excluding carboxylic acids is 2. The van der Waals surface area contributed by atoms with E-state index in [0.717, 1.165) is 4.68 Å². The van der Waals surface area contributed by atoms with Gasteiger partial charge in [-0.15, -0.1) is 0 Å². The molecule has 8 heteroatoms. The highest BCUT2D eigenvalue weighted by Crippen LogP contribution is 2.15. The van der Waals surface area contributed by atoms with E-state index >= 15 is 0 Å². The Morgan fingerprint density at radius 3 is 1.93 bits per heavy atom. The molecule has 2 aromatic carbocycles. The Morgan fingerprint density at radius 2 is 1.33 bits per heavy atom. The molecule has 0 saturated heterocycles. The molecular weight excluding hydrogens is 346 g/mol. The molecule has 0 saturated carbocycles. The van der Waals surface area contributed by atoms with Gasteiger partial charge in [-0.25, -0.2) is 9.48 Å². The van der Waals surface area contributed by atoms with Crippen LogP contribution in [0.5, 0.6) is 0 Å². The van der Waals surface area contributed by atoms with Crippen LogP contribution in [-0.4, -0.2) is 21.7 Å². The number of hydrogen-bond acceptors (Lipinski definition) is 4. The molecule has 0 spiro atoms. The van der Waals surface area contributed by atoms with E-state index in [2.05, 4.69) is 21.0 Å². The van der Waals surface area contributed by atoms with E-state index in [0.29, 0.717) is 17.1 Å². The van der Waals surface area contributed by atoms with Gasteiger partial charge in [-0.2, -0.15) is 5.10 Å². The maximum Gasteiger partial charge on any atom is 0.323 e. The first-order valence-electron chi connectivity index (χ1n) is 8.10. The number of para-hydroxylation sites is 1. The lowest BCUT2D eigenvalue weighted by Gasteiger charge is -2.09. The van der Waals surface area contributed by atoms with Crippen LogP contribution < -0.4 is 21.5 Å². The van der Waals surface area contributed by atoms with E-state index in [4.69, 9.17) is 0 Å². The largest absolute Gasteiger partial charge is 0.323 e. The molecule has 0 aliphatic rings. The number of benzene rings is 2. The van der Waals surface area contributed by atoms with Gasteiger partial charge in [0.2, 0.25) is 0 Å². The van der Waals surface area contributed by atoms with Crippen molar-refractivity contribution in [1.82, 2.24) is 9.78 Å². The van der Waals surface area contributed by atoms with E-state index in [9.17, 15) is 14.4 Å². The monoisotopic (exact) mass is 363 g/mol. The average Bonchev–Trinajstić information content (AvgIpc) is 2.66. The predicted octanol–water partition coefficient (Wildman–Crippen LogP) is 2.68. The van der Waals surface area contributed by atoms with Gasteiger partial charge in [-0.3, -0.25) is 9.59 Å². The van der Waals surface area contributed by atoms with Crippen LogP contribution in [0.3, 0.4) is 0 Å². The SMILES string of the molecule is Cn1nc(C(=O)Nc2ccc(NC(=O)Nc3ccccc3)cc2)ccc1=O. The highest BCUT2D eigenvalue weighted by atomic mass is 16.2. The molecule has 0 bridgehead atoms. The first-order chi connectivity index (χ1) is 13.0. The van der Waals surface area contributed by atoms with Gasteiger partial charge in [0.05, 0.1) is 0 Å². The number of aromatic nitrogens is 2. The van der Waals surface area contributed by atoms with Crippen LogP contribution in [0.25, 0.3) is 0 Å². The maximum atomic E-state index is 12.2. The van der Waals surface area contributed by atoms with Gasteiger partial charge in [0.15, 0.2) is 0 Å². The van der Waals surface area contributed by atoms with Crippen molar-refractivity contribution in [2.45, 2.75) is 0 Å². The molecule has 1 heterocycles. The summed E-state index contributed by atoms with van der Waals surface area (Å²) in [5.41, 5.74) is 1.62. The smallest absolute Gasteiger partial charge is 0.321 e. The fourth-order valence-corrected chi connectivity index (χ4v) is 2.27. The second-order valence-electron chi connectivity index (χ2n) is 5.66. The van der Waals surface area contributed by atoms with E-state index in [1.54, 1.807) is 36.4 Å². The number of aryl methyl sites for hydroxylation is 1. The van der Waals surface area contributed by atoms with Crippen molar-refractivity contribution in [3.63, 3.8) is 0 Å². The van der Waals surface area contributed by atoms with Crippen LogP contribution >= 0.6 is 0 Å². The molecule has 0 unspecified atom stereocenters. The maximum absolute atomic E-state index is 12.2. The fourth-order valence-electron chi connectivity index (χ4n) is 2.27. The second-order valence-corrected chi connectivity index (χ2v) is 5.66. The van der Waals surface area contributed by atoms with Gasteiger partial charge in [0.1, 0.15) is 5.69 Å². The summed E-state index contributed by atoms with van der Waals surface area (Å²) in [5, 5.41) is 12.0. The minimum Gasteiger partial charge on any atom is -0.321 e. The molecule has 3 rings (SSSR count). The zero-order valence-corrected chi connectivity index (χ0v) is 14.5. The number of nitrogens with zero attached hydrogens (tertiary/aromatic N) is 2. The Labute approximate surface area is 154 Å². The molecule has 8 nitrogen and oxygen atoms in total. The van der Waals surface area contributed by atoms with Gasteiger partial charge in [0.25, 0.3) is 11.5 Å². The van der Waals surface area contributed by atoms with Crippen molar-refractivity contribution < 1.29 is 9.59 Å².